The van der Waals surface area contributed by atoms with Crippen molar-refractivity contribution in [3.05, 3.63) is 53.2 Å². The van der Waals surface area contributed by atoms with Crippen molar-refractivity contribution >= 4 is 28.8 Å². The summed E-state index contributed by atoms with van der Waals surface area (Å²) in [5.74, 6) is 0.154. The molecular weight excluding hydrogens is 366 g/mol. The maximum absolute atomic E-state index is 12.1. The van der Waals surface area contributed by atoms with Gasteiger partial charge in [-0.25, -0.2) is 0 Å². The summed E-state index contributed by atoms with van der Waals surface area (Å²) in [7, 11) is 3.78. The highest BCUT2D eigenvalue weighted by molar-refractivity contribution is 7.13. The summed E-state index contributed by atoms with van der Waals surface area (Å²) in [6, 6.07) is 10.9. The molecule has 8 nitrogen and oxygen atoms in total. The highest BCUT2D eigenvalue weighted by Crippen LogP contribution is 2.21. The molecule has 0 aliphatic heterocycles. The summed E-state index contributed by atoms with van der Waals surface area (Å²) < 4.78 is 5.14. The zero-order valence-corrected chi connectivity index (χ0v) is 15.7. The number of benzene rings is 1. The van der Waals surface area contributed by atoms with E-state index < -0.39 is 0 Å². The van der Waals surface area contributed by atoms with Crippen LogP contribution in [0.25, 0.3) is 10.7 Å². The molecule has 2 heterocycles. The molecule has 2 N–H and O–H groups in total. The van der Waals surface area contributed by atoms with Crippen LogP contribution in [0.2, 0.25) is 0 Å². The highest BCUT2D eigenvalue weighted by atomic mass is 32.1. The third kappa shape index (κ3) is 4.91. The molecule has 1 aromatic carbocycles. The lowest BCUT2D eigenvalue weighted by Crippen LogP contribution is -2.41. The van der Waals surface area contributed by atoms with Gasteiger partial charge < -0.3 is 9.42 Å². The maximum atomic E-state index is 12.1. The van der Waals surface area contributed by atoms with E-state index in [1.807, 2.05) is 42.6 Å². The molecule has 3 rings (SSSR count). The number of aromatic nitrogens is 2. The number of carbonyl (C=O) groups excluding carboxylic acids is 2. The topological polar surface area (TPSA) is 100 Å². The van der Waals surface area contributed by atoms with E-state index in [2.05, 4.69) is 21.0 Å². The lowest BCUT2D eigenvalue weighted by atomic mass is 10.2. The largest absolute Gasteiger partial charge is 0.378 e. The number of nitrogens with one attached hydrogen (secondary N) is 2. The van der Waals surface area contributed by atoms with Gasteiger partial charge in [-0.1, -0.05) is 17.3 Å². The molecule has 3 aromatic rings. The smallest absolute Gasteiger partial charge is 0.269 e. The van der Waals surface area contributed by atoms with E-state index in [4.69, 9.17) is 4.52 Å². The van der Waals surface area contributed by atoms with Crippen LogP contribution in [0.5, 0.6) is 0 Å². The molecule has 0 saturated heterocycles. The third-order valence-electron chi connectivity index (χ3n) is 3.72. The molecular formula is C18H19N5O3S. The molecule has 2 aromatic heterocycles. The van der Waals surface area contributed by atoms with Crippen molar-refractivity contribution in [1.29, 1.82) is 0 Å². The summed E-state index contributed by atoms with van der Waals surface area (Å²) in [4.78, 5) is 31.1. The van der Waals surface area contributed by atoms with Gasteiger partial charge in [0.25, 0.3) is 5.91 Å². The van der Waals surface area contributed by atoms with E-state index >= 15 is 0 Å². The number of thiophene rings is 1. The van der Waals surface area contributed by atoms with Crippen LogP contribution in [0.1, 0.15) is 22.7 Å². The number of anilines is 1. The van der Waals surface area contributed by atoms with Gasteiger partial charge >= 0.3 is 0 Å². The van der Waals surface area contributed by atoms with Crippen molar-refractivity contribution in [2.45, 2.75) is 12.8 Å². The average Bonchev–Trinajstić information content (AvgIpc) is 3.35. The van der Waals surface area contributed by atoms with Crippen LogP contribution in [-0.4, -0.2) is 36.1 Å². The molecule has 0 radical (unpaired) electrons. The van der Waals surface area contributed by atoms with Gasteiger partial charge in [-0.3, -0.25) is 20.4 Å². The van der Waals surface area contributed by atoms with E-state index in [1.165, 1.54) is 11.3 Å². The molecule has 9 heteroatoms. The quantitative estimate of drug-likeness (QED) is 0.631. The second kappa shape index (κ2) is 8.45. The minimum Gasteiger partial charge on any atom is -0.378 e. The molecule has 0 bridgehead atoms. The second-order valence-electron chi connectivity index (χ2n) is 5.94. The Kier molecular flexibility index (Phi) is 5.82. The predicted octanol–water partition coefficient (Wildman–Crippen LogP) is 2.26. The molecule has 140 valence electrons. The molecule has 0 fully saturated rings. The Morgan fingerprint density at radius 1 is 1.19 bits per heavy atom. The van der Waals surface area contributed by atoms with Gasteiger partial charge in [0.1, 0.15) is 0 Å². The van der Waals surface area contributed by atoms with E-state index in [1.54, 1.807) is 18.2 Å². The summed E-state index contributed by atoms with van der Waals surface area (Å²) >= 11 is 1.51. The number of hydrogen-bond acceptors (Lipinski definition) is 7. The Balaban J connectivity index is 1.47. The van der Waals surface area contributed by atoms with Gasteiger partial charge in [-0.2, -0.15) is 4.98 Å². The summed E-state index contributed by atoms with van der Waals surface area (Å²) in [5.41, 5.74) is 6.15. The second-order valence-corrected chi connectivity index (χ2v) is 6.88. The molecule has 0 aliphatic carbocycles. The zero-order chi connectivity index (χ0) is 19.2. The van der Waals surface area contributed by atoms with Crippen LogP contribution in [0.3, 0.4) is 0 Å². The molecule has 0 spiro atoms. The summed E-state index contributed by atoms with van der Waals surface area (Å²) in [5, 5.41) is 5.82. The lowest BCUT2D eigenvalue weighted by Gasteiger charge is -2.13. The fourth-order valence-corrected chi connectivity index (χ4v) is 2.92. The van der Waals surface area contributed by atoms with Crippen molar-refractivity contribution < 1.29 is 14.1 Å². The zero-order valence-electron chi connectivity index (χ0n) is 14.9. The fraction of sp³-hybridized carbons (Fsp3) is 0.222. The van der Waals surface area contributed by atoms with E-state index in [0.717, 1.165) is 10.6 Å². The monoisotopic (exact) mass is 385 g/mol. The Hall–Kier alpha value is -3.20. The minimum absolute atomic E-state index is 0.115. The number of amides is 2. The maximum Gasteiger partial charge on any atom is 0.269 e. The van der Waals surface area contributed by atoms with Crippen molar-refractivity contribution in [1.82, 2.24) is 21.0 Å². The van der Waals surface area contributed by atoms with Gasteiger partial charge in [0.05, 0.1) is 4.88 Å². The molecule has 27 heavy (non-hydrogen) atoms. The first-order chi connectivity index (χ1) is 13.0. The molecule has 0 unspecified atom stereocenters. The van der Waals surface area contributed by atoms with Gasteiger partial charge in [-0.05, 0) is 29.6 Å². The van der Waals surface area contributed by atoms with E-state index in [0.29, 0.717) is 17.3 Å². The van der Waals surface area contributed by atoms with Gasteiger partial charge in [0.15, 0.2) is 0 Å². The van der Waals surface area contributed by atoms with Crippen LogP contribution >= 0.6 is 11.3 Å². The number of hydrazine groups is 1. The first-order valence-corrected chi connectivity index (χ1v) is 9.14. The standard InChI is InChI=1S/C18H19N5O3S/c1-23(2)13-6-3-5-12(11-13)18(25)21-20-15(24)8-9-16-19-17(22-26-16)14-7-4-10-27-14/h3-7,10-11H,8-9H2,1-2H3,(H,20,24)(H,21,25). The van der Waals surface area contributed by atoms with Crippen LogP contribution in [0.15, 0.2) is 46.3 Å². The van der Waals surface area contributed by atoms with Crippen molar-refractivity contribution in [3.63, 3.8) is 0 Å². The Morgan fingerprint density at radius 3 is 2.78 bits per heavy atom. The van der Waals surface area contributed by atoms with Gasteiger partial charge in [0.2, 0.25) is 17.6 Å². The van der Waals surface area contributed by atoms with Crippen molar-refractivity contribution in [3.8, 4) is 10.7 Å². The summed E-state index contributed by atoms with van der Waals surface area (Å²) in [6.45, 7) is 0. The van der Waals surface area contributed by atoms with Crippen molar-refractivity contribution in [2.24, 2.45) is 0 Å². The SMILES string of the molecule is CN(C)c1cccc(C(=O)NNC(=O)CCc2nc(-c3cccs3)no2)c1. The number of rotatable bonds is 6. The minimum atomic E-state index is -0.384. The van der Waals surface area contributed by atoms with Gasteiger partial charge in [-0.15, -0.1) is 11.3 Å². The molecule has 0 saturated carbocycles. The third-order valence-corrected chi connectivity index (χ3v) is 4.58. The van der Waals surface area contributed by atoms with E-state index in [-0.39, 0.29) is 24.7 Å². The fourth-order valence-electron chi connectivity index (χ4n) is 2.27. The van der Waals surface area contributed by atoms with Crippen LogP contribution in [0.4, 0.5) is 5.69 Å². The normalized spacial score (nSPS) is 10.4. The first-order valence-electron chi connectivity index (χ1n) is 8.26. The molecule has 0 aliphatic rings. The number of nitrogens with zero attached hydrogens (tertiary/aromatic N) is 3. The van der Waals surface area contributed by atoms with Crippen LogP contribution in [0, 0.1) is 0 Å². The number of aryl methyl sites for hydroxylation is 1. The number of hydrogen-bond donors (Lipinski definition) is 2. The Labute approximate surface area is 160 Å². The predicted molar refractivity (Wildman–Crippen MR) is 102 cm³/mol. The number of carbonyl (C=O) groups is 2. The van der Waals surface area contributed by atoms with E-state index in [9.17, 15) is 9.59 Å². The Bertz CT molecular complexity index is 921. The average molecular weight is 385 g/mol. The van der Waals surface area contributed by atoms with Gasteiger partial charge in [0, 0.05) is 38.2 Å². The lowest BCUT2D eigenvalue weighted by molar-refractivity contribution is -0.121. The van der Waals surface area contributed by atoms with Crippen LogP contribution in [-0.2, 0) is 11.2 Å². The van der Waals surface area contributed by atoms with Crippen molar-refractivity contribution in [2.75, 3.05) is 19.0 Å². The summed E-state index contributed by atoms with van der Waals surface area (Å²) in [6.07, 6.45) is 0.403. The van der Waals surface area contributed by atoms with Crippen LogP contribution < -0.4 is 15.8 Å². The molecule has 0 atom stereocenters. The highest BCUT2D eigenvalue weighted by Gasteiger charge is 2.12. The first kappa shape index (κ1) is 18.6. The molecule has 2 amide bonds. The Morgan fingerprint density at radius 2 is 2.04 bits per heavy atom.